The molecule has 96 valence electrons. The van der Waals surface area contributed by atoms with Gasteiger partial charge in [0.05, 0.1) is 6.04 Å². The number of nitrogens with zero attached hydrogens (tertiary/aromatic N) is 1. The first kappa shape index (κ1) is 14.1. The van der Waals surface area contributed by atoms with Gasteiger partial charge in [-0.25, -0.2) is 4.98 Å². The highest BCUT2D eigenvalue weighted by Crippen LogP contribution is 2.08. The molecular weight excluding hydrogens is 234 g/mol. The predicted octanol–water partition coefficient (Wildman–Crippen LogP) is 1.84. The average molecular weight is 255 g/mol. The lowest BCUT2D eigenvalue weighted by molar-refractivity contribution is -0.123. The Kier molecular flexibility index (Phi) is 5.58. The van der Waals surface area contributed by atoms with E-state index in [9.17, 15) is 4.79 Å². The number of carbonyl (C=O) groups excluding carboxylic acids is 1. The summed E-state index contributed by atoms with van der Waals surface area (Å²) in [4.78, 5) is 16.1. The third-order valence-corrected chi connectivity index (χ3v) is 3.59. The molecule has 2 N–H and O–H groups in total. The van der Waals surface area contributed by atoms with E-state index < -0.39 is 0 Å². The summed E-state index contributed by atoms with van der Waals surface area (Å²) in [6, 6.07) is 0.0436. The SMILES string of the molecule is CCC(C)NC(=O)C(C)NCc1nc(C)cs1. The Morgan fingerprint density at radius 3 is 2.76 bits per heavy atom. The number of aryl methyl sites for hydroxylation is 1. The molecule has 0 spiro atoms. The zero-order valence-corrected chi connectivity index (χ0v) is 11.7. The molecule has 5 heteroatoms. The molecule has 0 aliphatic heterocycles. The van der Waals surface area contributed by atoms with E-state index in [2.05, 4.69) is 22.5 Å². The van der Waals surface area contributed by atoms with Crippen molar-refractivity contribution in [3.8, 4) is 0 Å². The van der Waals surface area contributed by atoms with Gasteiger partial charge in [-0.05, 0) is 27.2 Å². The molecule has 0 bridgehead atoms. The lowest BCUT2D eigenvalue weighted by Crippen LogP contribution is -2.45. The van der Waals surface area contributed by atoms with Gasteiger partial charge < -0.3 is 5.32 Å². The van der Waals surface area contributed by atoms with Crippen LogP contribution in [0, 0.1) is 6.92 Å². The number of hydrogen-bond acceptors (Lipinski definition) is 4. The van der Waals surface area contributed by atoms with Crippen LogP contribution in [0.3, 0.4) is 0 Å². The lowest BCUT2D eigenvalue weighted by atomic mass is 10.2. The zero-order chi connectivity index (χ0) is 12.8. The van der Waals surface area contributed by atoms with Crippen LogP contribution >= 0.6 is 11.3 Å². The number of nitrogens with one attached hydrogen (secondary N) is 2. The van der Waals surface area contributed by atoms with Gasteiger partial charge in [-0.15, -0.1) is 11.3 Å². The second-order valence-electron chi connectivity index (χ2n) is 4.30. The third-order valence-electron chi connectivity index (χ3n) is 2.62. The monoisotopic (exact) mass is 255 g/mol. The van der Waals surface area contributed by atoms with E-state index in [1.807, 2.05) is 26.2 Å². The summed E-state index contributed by atoms with van der Waals surface area (Å²) in [6.07, 6.45) is 0.949. The fourth-order valence-corrected chi connectivity index (χ4v) is 2.01. The molecule has 0 aliphatic rings. The molecule has 0 saturated carbocycles. The van der Waals surface area contributed by atoms with Crippen molar-refractivity contribution in [1.82, 2.24) is 15.6 Å². The van der Waals surface area contributed by atoms with Crippen LogP contribution in [0.2, 0.25) is 0 Å². The number of hydrogen-bond donors (Lipinski definition) is 2. The molecule has 4 nitrogen and oxygen atoms in total. The first-order valence-corrected chi connectivity index (χ1v) is 6.85. The molecule has 0 fully saturated rings. The molecule has 1 aromatic rings. The van der Waals surface area contributed by atoms with Crippen molar-refractivity contribution in [2.45, 2.75) is 52.7 Å². The summed E-state index contributed by atoms with van der Waals surface area (Å²) in [5.41, 5.74) is 1.03. The van der Waals surface area contributed by atoms with Crippen molar-refractivity contribution in [1.29, 1.82) is 0 Å². The second-order valence-corrected chi connectivity index (χ2v) is 5.25. The molecule has 1 rings (SSSR count). The summed E-state index contributed by atoms with van der Waals surface area (Å²) in [7, 11) is 0. The number of rotatable bonds is 6. The molecule has 0 aliphatic carbocycles. The topological polar surface area (TPSA) is 54.0 Å². The van der Waals surface area contributed by atoms with Gasteiger partial charge in [0, 0.05) is 23.7 Å². The van der Waals surface area contributed by atoms with Crippen molar-refractivity contribution in [3.63, 3.8) is 0 Å². The van der Waals surface area contributed by atoms with Crippen LogP contribution in [-0.4, -0.2) is 23.0 Å². The number of amides is 1. The zero-order valence-electron chi connectivity index (χ0n) is 10.9. The van der Waals surface area contributed by atoms with Gasteiger partial charge in [-0.3, -0.25) is 10.1 Å². The number of aromatic nitrogens is 1. The van der Waals surface area contributed by atoms with Crippen LogP contribution < -0.4 is 10.6 Å². The van der Waals surface area contributed by atoms with Crippen molar-refractivity contribution in [2.24, 2.45) is 0 Å². The van der Waals surface area contributed by atoms with Gasteiger partial charge in [-0.2, -0.15) is 0 Å². The molecule has 0 radical (unpaired) electrons. The fraction of sp³-hybridized carbons (Fsp3) is 0.667. The van der Waals surface area contributed by atoms with E-state index in [1.54, 1.807) is 11.3 Å². The Morgan fingerprint density at radius 2 is 2.24 bits per heavy atom. The van der Waals surface area contributed by atoms with Gasteiger partial charge in [0.2, 0.25) is 5.91 Å². The smallest absolute Gasteiger partial charge is 0.237 e. The first-order chi connectivity index (χ1) is 8.02. The van der Waals surface area contributed by atoms with Crippen LogP contribution in [0.1, 0.15) is 37.9 Å². The Balaban J connectivity index is 2.33. The predicted molar refractivity (Wildman–Crippen MR) is 71.0 cm³/mol. The Bertz CT molecular complexity index is 364. The largest absolute Gasteiger partial charge is 0.352 e. The highest BCUT2D eigenvalue weighted by molar-refractivity contribution is 7.09. The van der Waals surface area contributed by atoms with E-state index in [1.165, 1.54) is 0 Å². The van der Waals surface area contributed by atoms with Crippen molar-refractivity contribution < 1.29 is 4.79 Å². The maximum Gasteiger partial charge on any atom is 0.237 e. The van der Waals surface area contributed by atoms with Crippen molar-refractivity contribution in [2.75, 3.05) is 0 Å². The second kappa shape index (κ2) is 6.71. The standard InChI is InChI=1S/C12H21N3OS/c1-5-8(2)15-12(16)10(4)13-6-11-14-9(3)7-17-11/h7-8,10,13H,5-6H2,1-4H3,(H,15,16). The van der Waals surface area contributed by atoms with Gasteiger partial charge in [0.1, 0.15) is 5.01 Å². The minimum absolute atomic E-state index is 0.0487. The first-order valence-electron chi connectivity index (χ1n) is 5.97. The Hall–Kier alpha value is -0.940. The summed E-state index contributed by atoms with van der Waals surface area (Å²) in [5.74, 6) is 0.0487. The normalized spacial score (nSPS) is 14.4. The van der Waals surface area contributed by atoms with Crippen molar-refractivity contribution in [3.05, 3.63) is 16.1 Å². The number of thiazole rings is 1. The molecule has 0 aromatic carbocycles. The Labute approximate surface area is 107 Å². The maximum absolute atomic E-state index is 11.7. The van der Waals surface area contributed by atoms with Crippen molar-refractivity contribution >= 4 is 17.2 Å². The highest BCUT2D eigenvalue weighted by atomic mass is 32.1. The molecule has 1 amide bonds. The quantitative estimate of drug-likeness (QED) is 0.815. The fourth-order valence-electron chi connectivity index (χ4n) is 1.29. The summed E-state index contributed by atoms with van der Waals surface area (Å²) in [6.45, 7) is 8.56. The van der Waals surface area contributed by atoms with Crippen LogP contribution in [0.25, 0.3) is 0 Å². The van der Waals surface area contributed by atoms with Gasteiger partial charge >= 0.3 is 0 Å². The summed E-state index contributed by atoms with van der Waals surface area (Å²) >= 11 is 1.62. The minimum Gasteiger partial charge on any atom is -0.352 e. The summed E-state index contributed by atoms with van der Waals surface area (Å²) in [5, 5.41) is 9.16. The third kappa shape index (κ3) is 4.83. The maximum atomic E-state index is 11.7. The van der Waals surface area contributed by atoms with E-state index >= 15 is 0 Å². The van der Waals surface area contributed by atoms with Crippen LogP contribution in [0.5, 0.6) is 0 Å². The van der Waals surface area contributed by atoms with Crippen LogP contribution in [0.4, 0.5) is 0 Å². The minimum atomic E-state index is -0.187. The molecule has 2 unspecified atom stereocenters. The summed E-state index contributed by atoms with van der Waals surface area (Å²) < 4.78 is 0. The molecular formula is C12H21N3OS. The van der Waals surface area contributed by atoms with E-state index in [-0.39, 0.29) is 18.0 Å². The molecule has 1 aromatic heterocycles. The molecule has 2 atom stereocenters. The van der Waals surface area contributed by atoms with Gasteiger partial charge in [0.15, 0.2) is 0 Å². The van der Waals surface area contributed by atoms with Gasteiger partial charge in [0.25, 0.3) is 0 Å². The average Bonchev–Trinajstić information content (AvgIpc) is 2.71. The molecule has 1 heterocycles. The molecule has 0 saturated heterocycles. The highest BCUT2D eigenvalue weighted by Gasteiger charge is 2.14. The Morgan fingerprint density at radius 1 is 1.53 bits per heavy atom. The van der Waals surface area contributed by atoms with E-state index in [0.29, 0.717) is 6.54 Å². The van der Waals surface area contributed by atoms with Crippen LogP contribution in [0.15, 0.2) is 5.38 Å². The van der Waals surface area contributed by atoms with Gasteiger partial charge in [-0.1, -0.05) is 6.92 Å². The van der Waals surface area contributed by atoms with Crippen LogP contribution in [-0.2, 0) is 11.3 Å². The lowest BCUT2D eigenvalue weighted by Gasteiger charge is -2.16. The molecule has 17 heavy (non-hydrogen) atoms. The van der Waals surface area contributed by atoms with E-state index in [4.69, 9.17) is 0 Å². The van der Waals surface area contributed by atoms with E-state index in [0.717, 1.165) is 17.1 Å². The number of carbonyl (C=O) groups is 1.